The molecule has 6 heteroatoms. The first-order valence-electron chi connectivity index (χ1n) is 8.24. The Morgan fingerprint density at radius 1 is 1.08 bits per heavy atom. The largest absolute Gasteiger partial charge is 0.507 e. The van der Waals surface area contributed by atoms with Gasteiger partial charge in [-0.3, -0.25) is 19.7 Å². The monoisotopic (exact) mass is 329 g/mol. The van der Waals surface area contributed by atoms with Crippen molar-refractivity contribution >= 4 is 17.3 Å². The van der Waals surface area contributed by atoms with Gasteiger partial charge in [0.2, 0.25) is 18.1 Å². The standard InChI is InChI=1S/C18H19NO5/c20-16-12-8-4-5-9-13(12)17(21)18(22)15(16)14(10-19(23)24)11-6-2-1-3-7-11/h4-5,8-9,11,14,20H,1-3,6-7,10H2/t14-/m0/s1. The third kappa shape index (κ3) is 2.84. The van der Waals surface area contributed by atoms with Crippen LogP contribution in [0, 0.1) is 22.0 Å². The molecule has 2 aliphatic carbocycles. The van der Waals surface area contributed by atoms with Crippen LogP contribution in [-0.4, -0.2) is 28.1 Å². The molecule has 6 nitrogen and oxygen atoms in total. The quantitative estimate of drug-likeness (QED) is 0.520. The van der Waals surface area contributed by atoms with E-state index in [0.717, 1.165) is 32.1 Å². The average Bonchev–Trinajstić information content (AvgIpc) is 2.59. The predicted octanol–water partition coefficient (Wildman–Crippen LogP) is 3.19. The van der Waals surface area contributed by atoms with Crippen LogP contribution in [0.15, 0.2) is 29.8 Å². The smallest absolute Gasteiger partial charge is 0.234 e. The highest BCUT2D eigenvalue weighted by Gasteiger charge is 2.42. The molecule has 1 fully saturated rings. The summed E-state index contributed by atoms with van der Waals surface area (Å²) in [7, 11) is 0. The number of fused-ring (bicyclic) bond motifs is 1. The van der Waals surface area contributed by atoms with Crippen molar-refractivity contribution in [2.24, 2.45) is 11.8 Å². The van der Waals surface area contributed by atoms with Crippen molar-refractivity contribution in [2.75, 3.05) is 6.54 Å². The predicted molar refractivity (Wildman–Crippen MR) is 87.3 cm³/mol. The van der Waals surface area contributed by atoms with E-state index in [-0.39, 0.29) is 22.8 Å². The molecule has 126 valence electrons. The Morgan fingerprint density at radius 2 is 1.71 bits per heavy atom. The minimum absolute atomic E-state index is 0.0525. The van der Waals surface area contributed by atoms with E-state index in [1.54, 1.807) is 18.2 Å². The van der Waals surface area contributed by atoms with Crippen LogP contribution in [0.5, 0.6) is 0 Å². The SMILES string of the molecule is O=C1C(=O)c2ccccc2C(O)=C1[C@@H](C[N+](=O)[O-])C1CCCCC1. The van der Waals surface area contributed by atoms with Crippen LogP contribution in [-0.2, 0) is 4.79 Å². The lowest BCUT2D eigenvalue weighted by atomic mass is 9.72. The fourth-order valence-electron chi connectivity index (χ4n) is 3.90. The zero-order valence-corrected chi connectivity index (χ0v) is 13.2. The molecule has 1 aromatic rings. The molecule has 1 saturated carbocycles. The summed E-state index contributed by atoms with van der Waals surface area (Å²) in [5.74, 6) is -2.53. The number of aliphatic hydroxyl groups excluding tert-OH is 1. The van der Waals surface area contributed by atoms with Gasteiger partial charge in [-0.05, 0) is 18.8 Å². The number of rotatable bonds is 4. The number of benzene rings is 1. The first-order valence-corrected chi connectivity index (χ1v) is 8.24. The maximum atomic E-state index is 12.6. The minimum atomic E-state index is -0.802. The van der Waals surface area contributed by atoms with E-state index in [1.807, 2.05) is 0 Å². The van der Waals surface area contributed by atoms with Gasteiger partial charge in [-0.2, -0.15) is 0 Å². The Hall–Kier alpha value is -2.50. The Morgan fingerprint density at radius 3 is 2.33 bits per heavy atom. The van der Waals surface area contributed by atoms with Crippen LogP contribution < -0.4 is 0 Å². The zero-order chi connectivity index (χ0) is 17.3. The second kappa shape index (κ2) is 6.55. The average molecular weight is 329 g/mol. The number of Topliss-reactive ketones (excluding diaryl/α,β-unsaturated/α-hetero) is 2. The molecule has 0 spiro atoms. The van der Waals surface area contributed by atoms with Gasteiger partial charge in [-0.15, -0.1) is 0 Å². The molecule has 24 heavy (non-hydrogen) atoms. The Kier molecular flexibility index (Phi) is 4.46. The van der Waals surface area contributed by atoms with Gasteiger partial charge in [0.05, 0.1) is 11.5 Å². The molecule has 0 aromatic heterocycles. The van der Waals surface area contributed by atoms with Crippen LogP contribution in [0.3, 0.4) is 0 Å². The first kappa shape index (κ1) is 16.4. The second-order valence-corrected chi connectivity index (χ2v) is 6.49. The summed E-state index contributed by atoms with van der Waals surface area (Å²) >= 11 is 0. The van der Waals surface area contributed by atoms with Gasteiger partial charge in [0, 0.05) is 16.1 Å². The molecule has 0 bridgehead atoms. The number of nitro groups is 1. The third-order valence-corrected chi connectivity index (χ3v) is 5.07. The highest BCUT2D eigenvalue weighted by molar-refractivity contribution is 6.52. The first-order chi connectivity index (χ1) is 11.5. The number of hydrogen-bond acceptors (Lipinski definition) is 5. The highest BCUT2D eigenvalue weighted by atomic mass is 16.6. The molecule has 1 N–H and O–H groups in total. The fraction of sp³-hybridized carbons (Fsp3) is 0.444. The summed E-state index contributed by atoms with van der Waals surface area (Å²) in [6.45, 7) is -0.439. The molecule has 0 aliphatic heterocycles. The molecule has 0 amide bonds. The molecule has 0 radical (unpaired) electrons. The van der Waals surface area contributed by atoms with Crippen molar-refractivity contribution in [3.05, 3.63) is 51.1 Å². The maximum Gasteiger partial charge on any atom is 0.234 e. The van der Waals surface area contributed by atoms with E-state index < -0.39 is 29.0 Å². The maximum absolute atomic E-state index is 12.6. The van der Waals surface area contributed by atoms with Crippen LogP contribution >= 0.6 is 0 Å². The van der Waals surface area contributed by atoms with Crippen molar-refractivity contribution in [1.29, 1.82) is 0 Å². The summed E-state index contributed by atoms with van der Waals surface area (Å²) in [6.07, 6.45) is 4.52. The lowest BCUT2D eigenvalue weighted by Gasteiger charge is -2.30. The molecule has 0 saturated heterocycles. The van der Waals surface area contributed by atoms with Gasteiger partial charge >= 0.3 is 0 Å². The van der Waals surface area contributed by atoms with Crippen LogP contribution in [0.25, 0.3) is 5.76 Å². The number of carbonyl (C=O) groups excluding carboxylic acids is 2. The van der Waals surface area contributed by atoms with Crippen molar-refractivity contribution < 1.29 is 19.6 Å². The zero-order valence-electron chi connectivity index (χ0n) is 13.2. The van der Waals surface area contributed by atoms with Crippen molar-refractivity contribution in [1.82, 2.24) is 0 Å². The van der Waals surface area contributed by atoms with E-state index >= 15 is 0 Å². The molecule has 0 unspecified atom stereocenters. The summed E-state index contributed by atoms with van der Waals surface area (Å²) in [4.78, 5) is 35.6. The number of hydrogen-bond donors (Lipinski definition) is 1. The van der Waals surface area contributed by atoms with Gasteiger partial charge in [0.25, 0.3) is 0 Å². The normalized spacial score (nSPS) is 20.0. The van der Waals surface area contributed by atoms with Crippen molar-refractivity contribution in [2.45, 2.75) is 32.1 Å². The van der Waals surface area contributed by atoms with E-state index in [1.165, 1.54) is 6.07 Å². The van der Waals surface area contributed by atoms with Crippen LogP contribution in [0.2, 0.25) is 0 Å². The molecule has 1 atom stereocenters. The number of aliphatic hydroxyl groups is 1. The second-order valence-electron chi connectivity index (χ2n) is 6.49. The van der Waals surface area contributed by atoms with Crippen LogP contribution in [0.4, 0.5) is 0 Å². The topological polar surface area (TPSA) is 97.5 Å². The Balaban J connectivity index is 2.09. The van der Waals surface area contributed by atoms with Gasteiger partial charge in [-0.25, -0.2) is 0 Å². The summed E-state index contributed by atoms with van der Waals surface area (Å²) in [5.41, 5.74) is 0.385. The van der Waals surface area contributed by atoms with Crippen molar-refractivity contribution in [3.63, 3.8) is 0 Å². The number of carbonyl (C=O) groups is 2. The van der Waals surface area contributed by atoms with E-state index in [0.29, 0.717) is 5.56 Å². The van der Waals surface area contributed by atoms with Gasteiger partial charge in [-0.1, -0.05) is 43.5 Å². The summed E-state index contributed by atoms with van der Waals surface area (Å²) in [5, 5.41) is 21.7. The highest BCUT2D eigenvalue weighted by Crippen LogP contribution is 2.39. The number of nitrogens with zero attached hydrogens (tertiary/aromatic N) is 1. The molecular weight excluding hydrogens is 310 g/mol. The molecule has 1 aromatic carbocycles. The lowest BCUT2D eigenvalue weighted by molar-refractivity contribution is -0.488. The van der Waals surface area contributed by atoms with E-state index in [9.17, 15) is 24.8 Å². The van der Waals surface area contributed by atoms with Crippen molar-refractivity contribution in [3.8, 4) is 0 Å². The Labute approximate surface area is 139 Å². The molecule has 2 aliphatic rings. The van der Waals surface area contributed by atoms with Crippen LogP contribution in [0.1, 0.15) is 48.0 Å². The van der Waals surface area contributed by atoms with Gasteiger partial charge in [0.15, 0.2) is 0 Å². The minimum Gasteiger partial charge on any atom is -0.507 e. The van der Waals surface area contributed by atoms with Gasteiger partial charge in [0.1, 0.15) is 5.76 Å². The summed E-state index contributed by atoms with van der Waals surface area (Å²) < 4.78 is 0. The fourth-order valence-corrected chi connectivity index (χ4v) is 3.90. The summed E-state index contributed by atoms with van der Waals surface area (Å²) in [6, 6.07) is 6.35. The number of ketones is 2. The molecular formula is C18H19NO5. The van der Waals surface area contributed by atoms with Gasteiger partial charge < -0.3 is 5.11 Å². The molecule has 0 heterocycles. The Bertz CT molecular complexity index is 731. The van der Waals surface area contributed by atoms with E-state index in [2.05, 4.69) is 0 Å². The molecule has 3 rings (SSSR count). The lowest BCUT2D eigenvalue weighted by Crippen LogP contribution is -2.35. The van der Waals surface area contributed by atoms with E-state index in [4.69, 9.17) is 0 Å². The third-order valence-electron chi connectivity index (χ3n) is 5.07.